The lowest BCUT2D eigenvalue weighted by Crippen LogP contribution is -2.39. The van der Waals surface area contributed by atoms with Gasteiger partial charge in [0, 0.05) is 5.54 Å². The largest absolute Gasteiger partial charge is 0.316 e. The highest BCUT2D eigenvalue weighted by Gasteiger charge is 2.21. The Labute approximate surface area is 82.5 Å². The van der Waals surface area contributed by atoms with Gasteiger partial charge in [-0.25, -0.2) is 0 Å². The van der Waals surface area contributed by atoms with Gasteiger partial charge in [-0.15, -0.1) is 0 Å². The van der Waals surface area contributed by atoms with Crippen LogP contribution in [-0.2, 0) is 0 Å². The number of hydrogen-bond acceptors (Lipinski definition) is 2. The van der Waals surface area contributed by atoms with Gasteiger partial charge in [0.2, 0.25) is 0 Å². The molecule has 0 aliphatic carbocycles. The fourth-order valence-corrected chi connectivity index (χ4v) is 2.09. The summed E-state index contributed by atoms with van der Waals surface area (Å²) in [6, 6.07) is 0. The summed E-state index contributed by atoms with van der Waals surface area (Å²) in [5.74, 6) is 0.866. The van der Waals surface area contributed by atoms with Crippen molar-refractivity contribution in [3.63, 3.8) is 0 Å². The third kappa shape index (κ3) is 4.10. The number of hydrogen-bond donors (Lipinski definition) is 2. The maximum atomic E-state index is 3.52. The first-order chi connectivity index (χ1) is 6.14. The van der Waals surface area contributed by atoms with Crippen LogP contribution in [0, 0.1) is 5.92 Å². The van der Waals surface area contributed by atoms with E-state index < -0.39 is 0 Å². The molecule has 2 nitrogen and oxygen atoms in total. The molecule has 0 radical (unpaired) electrons. The lowest BCUT2D eigenvalue weighted by atomic mass is 9.88. The molecule has 0 bridgehead atoms. The van der Waals surface area contributed by atoms with Crippen molar-refractivity contribution < 1.29 is 0 Å². The number of nitrogens with one attached hydrogen (secondary N) is 2. The third-order valence-electron chi connectivity index (χ3n) is 3.12. The summed E-state index contributed by atoms with van der Waals surface area (Å²) in [5, 5.41) is 6.90. The second kappa shape index (κ2) is 4.97. The molecule has 1 aliphatic rings. The molecule has 1 atom stereocenters. The van der Waals surface area contributed by atoms with E-state index in [0.29, 0.717) is 5.54 Å². The fraction of sp³-hybridized carbons (Fsp3) is 1.00. The maximum Gasteiger partial charge on any atom is 0.0125 e. The predicted molar refractivity (Wildman–Crippen MR) is 58.0 cm³/mol. The van der Waals surface area contributed by atoms with Crippen molar-refractivity contribution in [3.05, 3.63) is 0 Å². The van der Waals surface area contributed by atoms with Gasteiger partial charge in [0.25, 0.3) is 0 Å². The Balaban J connectivity index is 2.33. The molecule has 1 saturated heterocycles. The van der Waals surface area contributed by atoms with E-state index in [1.165, 1.54) is 38.8 Å². The van der Waals surface area contributed by atoms with Crippen molar-refractivity contribution in [1.29, 1.82) is 0 Å². The standard InChI is InChI=1S/C11H24N2/c1-11(2,12-3)8-10-6-4-5-7-13-9-10/h10,12-13H,4-9H2,1-3H3. The smallest absolute Gasteiger partial charge is 0.0125 e. The van der Waals surface area contributed by atoms with E-state index in [1.54, 1.807) is 0 Å². The molecule has 0 spiro atoms. The van der Waals surface area contributed by atoms with Crippen LogP contribution < -0.4 is 10.6 Å². The highest BCUT2D eigenvalue weighted by atomic mass is 14.9. The predicted octanol–water partition coefficient (Wildman–Crippen LogP) is 1.76. The molecule has 1 aliphatic heterocycles. The van der Waals surface area contributed by atoms with Crippen molar-refractivity contribution in [1.82, 2.24) is 10.6 Å². The van der Waals surface area contributed by atoms with Gasteiger partial charge in [0.1, 0.15) is 0 Å². The van der Waals surface area contributed by atoms with Gasteiger partial charge in [-0.3, -0.25) is 0 Å². The molecule has 78 valence electrons. The first-order valence-electron chi connectivity index (χ1n) is 5.54. The van der Waals surface area contributed by atoms with Crippen LogP contribution in [0.25, 0.3) is 0 Å². The summed E-state index contributed by atoms with van der Waals surface area (Å²) in [4.78, 5) is 0. The van der Waals surface area contributed by atoms with Gasteiger partial charge < -0.3 is 10.6 Å². The summed E-state index contributed by atoms with van der Waals surface area (Å²) in [6.45, 7) is 7.01. The highest BCUT2D eigenvalue weighted by Crippen LogP contribution is 2.21. The molecule has 0 saturated carbocycles. The molecule has 1 unspecified atom stereocenters. The monoisotopic (exact) mass is 184 g/mol. The van der Waals surface area contributed by atoms with Gasteiger partial charge in [-0.05, 0) is 59.2 Å². The molecule has 1 fully saturated rings. The summed E-state index contributed by atoms with van der Waals surface area (Å²) in [5.41, 5.74) is 0.302. The van der Waals surface area contributed by atoms with E-state index in [0.717, 1.165) is 5.92 Å². The highest BCUT2D eigenvalue weighted by molar-refractivity contribution is 4.81. The zero-order valence-corrected chi connectivity index (χ0v) is 9.32. The molecule has 0 amide bonds. The van der Waals surface area contributed by atoms with Crippen LogP contribution in [0.5, 0.6) is 0 Å². The minimum Gasteiger partial charge on any atom is -0.316 e. The van der Waals surface area contributed by atoms with Crippen molar-refractivity contribution in [2.75, 3.05) is 20.1 Å². The van der Waals surface area contributed by atoms with Crippen LogP contribution >= 0.6 is 0 Å². The lowest BCUT2D eigenvalue weighted by molar-refractivity contribution is 0.301. The summed E-state index contributed by atoms with van der Waals surface area (Å²) in [7, 11) is 2.06. The van der Waals surface area contributed by atoms with Crippen LogP contribution in [-0.4, -0.2) is 25.7 Å². The minimum atomic E-state index is 0.302. The van der Waals surface area contributed by atoms with E-state index in [4.69, 9.17) is 0 Å². The zero-order valence-electron chi connectivity index (χ0n) is 9.32. The summed E-state index contributed by atoms with van der Waals surface area (Å²) < 4.78 is 0. The summed E-state index contributed by atoms with van der Waals surface area (Å²) >= 11 is 0. The Morgan fingerprint density at radius 1 is 1.38 bits per heavy atom. The van der Waals surface area contributed by atoms with E-state index in [2.05, 4.69) is 31.5 Å². The molecule has 0 aromatic carbocycles. The molecule has 0 aromatic heterocycles. The van der Waals surface area contributed by atoms with Crippen molar-refractivity contribution >= 4 is 0 Å². The average Bonchev–Trinajstić information content (AvgIpc) is 2.32. The first-order valence-corrected chi connectivity index (χ1v) is 5.54. The molecular formula is C11H24N2. The van der Waals surface area contributed by atoms with Crippen LogP contribution in [0.15, 0.2) is 0 Å². The van der Waals surface area contributed by atoms with Crippen molar-refractivity contribution in [2.24, 2.45) is 5.92 Å². The van der Waals surface area contributed by atoms with Gasteiger partial charge in [0.15, 0.2) is 0 Å². The molecule has 2 heteroatoms. The van der Waals surface area contributed by atoms with Crippen molar-refractivity contribution in [2.45, 2.75) is 45.1 Å². The molecule has 2 N–H and O–H groups in total. The first kappa shape index (κ1) is 11.0. The van der Waals surface area contributed by atoms with E-state index >= 15 is 0 Å². The second-order valence-corrected chi connectivity index (χ2v) is 4.90. The second-order valence-electron chi connectivity index (χ2n) is 4.90. The molecule has 13 heavy (non-hydrogen) atoms. The third-order valence-corrected chi connectivity index (χ3v) is 3.12. The average molecular weight is 184 g/mol. The van der Waals surface area contributed by atoms with E-state index in [9.17, 15) is 0 Å². The SMILES string of the molecule is CNC(C)(C)CC1CCCCNC1. The zero-order chi connectivity index (χ0) is 9.73. The van der Waals surface area contributed by atoms with Crippen LogP contribution in [0.1, 0.15) is 39.5 Å². The van der Waals surface area contributed by atoms with Gasteiger partial charge >= 0.3 is 0 Å². The number of rotatable bonds is 3. The maximum absolute atomic E-state index is 3.52. The van der Waals surface area contributed by atoms with Gasteiger partial charge in [-0.1, -0.05) is 6.42 Å². The summed E-state index contributed by atoms with van der Waals surface area (Å²) in [6.07, 6.45) is 5.45. The van der Waals surface area contributed by atoms with Crippen LogP contribution in [0.4, 0.5) is 0 Å². The normalized spacial score (nSPS) is 25.6. The van der Waals surface area contributed by atoms with Crippen LogP contribution in [0.3, 0.4) is 0 Å². The van der Waals surface area contributed by atoms with Crippen LogP contribution in [0.2, 0.25) is 0 Å². The Morgan fingerprint density at radius 3 is 2.85 bits per heavy atom. The van der Waals surface area contributed by atoms with E-state index in [1.807, 2.05) is 0 Å². The molecule has 0 aromatic rings. The molecule has 1 rings (SSSR count). The Bertz CT molecular complexity index is 135. The molecular weight excluding hydrogens is 160 g/mol. The van der Waals surface area contributed by atoms with Gasteiger partial charge in [0.05, 0.1) is 0 Å². The van der Waals surface area contributed by atoms with Crippen molar-refractivity contribution in [3.8, 4) is 0 Å². The fourth-order valence-electron chi connectivity index (χ4n) is 2.09. The van der Waals surface area contributed by atoms with Gasteiger partial charge in [-0.2, -0.15) is 0 Å². The minimum absolute atomic E-state index is 0.302. The Kier molecular flexibility index (Phi) is 4.20. The Morgan fingerprint density at radius 2 is 2.15 bits per heavy atom. The quantitative estimate of drug-likeness (QED) is 0.698. The molecule has 1 heterocycles. The Hall–Kier alpha value is -0.0800. The lowest BCUT2D eigenvalue weighted by Gasteiger charge is -2.28. The van der Waals surface area contributed by atoms with E-state index in [-0.39, 0.29) is 0 Å². The topological polar surface area (TPSA) is 24.1 Å².